The first kappa shape index (κ1) is 11.8. The van der Waals surface area contributed by atoms with Crippen LogP contribution in [-0.2, 0) is 6.42 Å². The van der Waals surface area contributed by atoms with E-state index < -0.39 is 0 Å². The molecule has 1 amide bonds. The van der Waals surface area contributed by atoms with Gasteiger partial charge in [-0.15, -0.1) is 0 Å². The second kappa shape index (κ2) is 5.09. The SMILES string of the molecule is CCc1cn[nH]c1NC(=O)c1ccnc(Br)c1. The topological polar surface area (TPSA) is 70.7 Å². The van der Waals surface area contributed by atoms with E-state index in [4.69, 9.17) is 0 Å². The molecule has 0 saturated heterocycles. The second-order valence-electron chi connectivity index (χ2n) is 3.45. The molecule has 0 aromatic carbocycles. The molecule has 2 aromatic rings. The predicted molar refractivity (Wildman–Crippen MR) is 67.9 cm³/mol. The van der Waals surface area contributed by atoms with Crippen molar-refractivity contribution in [2.45, 2.75) is 13.3 Å². The number of H-pyrrole nitrogens is 1. The van der Waals surface area contributed by atoms with E-state index in [0.717, 1.165) is 12.0 Å². The Balaban J connectivity index is 2.17. The molecular weight excluding hydrogens is 284 g/mol. The summed E-state index contributed by atoms with van der Waals surface area (Å²) >= 11 is 3.23. The Morgan fingerprint density at radius 2 is 2.41 bits per heavy atom. The highest BCUT2D eigenvalue weighted by atomic mass is 79.9. The molecule has 0 aliphatic rings. The number of hydrogen-bond donors (Lipinski definition) is 2. The summed E-state index contributed by atoms with van der Waals surface area (Å²) in [5.41, 5.74) is 1.52. The number of carbonyl (C=O) groups is 1. The summed E-state index contributed by atoms with van der Waals surface area (Å²) in [6.45, 7) is 2.00. The van der Waals surface area contributed by atoms with Gasteiger partial charge in [-0.2, -0.15) is 5.10 Å². The predicted octanol–water partition coefficient (Wildman–Crippen LogP) is 2.38. The van der Waals surface area contributed by atoms with Gasteiger partial charge >= 0.3 is 0 Å². The van der Waals surface area contributed by atoms with Crippen LogP contribution in [0.15, 0.2) is 29.1 Å². The molecule has 2 heterocycles. The molecule has 0 radical (unpaired) electrons. The largest absolute Gasteiger partial charge is 0.307 e. The number of rotatable bonds is 3. The fourth-order valence-corrected chi connectivity index (χ4v) is 1.78. The zero-order valence-corrected chi connectivity index (χ0v) is 10.8. The fraction of sp³-hybridized carbons (Fsp3) is 0.182. The number of aryl methyl sites for hydroxylation is 1. The standard InChI is InChI=1S/C11H11BrN4O/c1-2-7-6-14-16-10(7)15-11(17)8-3-4-13-9(12)5-8/h3-6H,2H2,1H3,(H2,14,15,16,17). The molecule has 17 heavy (non-hydrogen) atoms. The van der Waals surface area contributed by atoms with Crippen molar-refractivity contribution in [3.8, 4) is 0 Å². The van der Waals surface area contributed by atoms with Crippen molar-refractivity contribution < 1.29 is 4.79 Å². The molecular formula is C11H11BrN4O. The Bertz CT molecular complexity index is 538. The number of anilines is 1. The third kappa shape index (κ3) is 2.71. The minimum Gasteiger partial charge on any atom is -0.307 e. The van der Waals surface area contributed by atoms with E-state index in [-0.39, 0.29) is 5.91 Å². The summed E-state index contributed by atoms with van der Waals surface area (Å²) in [6.07, 6.45) is 4.09. The van der Waals surface area contributed by atoms with Crippen LogP contribution in [0.2, 0.25) is 0 Å². The van der Waals surface area contributed by atoms with Crippen LogP contribution in [0.1, 0.15) is 22.8 Å². The summed E-state index contributed by atoms with van der Waals surface area (Å²) in [6, 6.07) is 3.32. The van der Waals surface area contributed by atoms with Crippen LogP contribution in [0.3, 0.4) is 0 Å². The molecule has 0 aliphatic carbocycles. The highest BCUT2D eigenvalue weighted by Crippen LogP contribution is 2.14. The van der Waals surface area contributed by atoms with E-state index in [0.29, 0.717) is 16.0 Å². The molecule has 0 atom stereocenters. The van der Waals surface area contributed by atoms with Gasteiger partial charge < -0.3 is 5.32 Å². The summed E-state index contributed by atoms with van der Waals surface area (Å²) in [5.74, 6) is 0.456. The van der Waals surface area contributed by atoms with Crippen molar-refractivity contribution >= 4 is 27.7 Å². The van der Waals surface area contributed by atoms with Crippen LogP contribution in [0, 0.1) is 0 Å². The van der Waals surface area contributed by atoms with Crippen molar-refractivity contribution in [2.24, 2.45) is 0 Å². The lowest BCUT2D eigenvalue weighted by molar-refractivity contribution is 0.102. The number of nitrogens with one attached hydrogen (secondary N) is 2. The number of hydrogen-bond acceptors (Lipinski definition) is 3. The Kier molecular flexibility index (Phi) is 3.53. The van der Waals surface area contributed by atoms with Crippen LogP contribution in [0.4, 0.5) is 5.82 Å². The van der Waals surface area contributed by atoms with E-state index in [9.17, 15) is 4.79 Å². The number of aromatic nitrogens is 3. The number of pyridine rings is 1. The van der Waals surface area contributed by atoms with E-state index in [1.54, 1.807) is 24.5 Å². The second-order valence-corrected chi connectivity index (χ2v) is 4.26. The van der Waals surface area contributed by atoms with Crippen LogP contribution < -0.4 is 5.32 Å². The maximum absolute atomic E-state index is 11.9. The van der Waals surface area contributed by atoms with Gasteiger partial charge in [0.25, 0.3) is 5.91 Å². The highest BCUT2D eigenvalue weighted by Gasteiger charge is 2.10. The maximum Gasteiger partial charge on any atom is 0.256 e. The van der Waals surface area contributed by atoms with Gasteiger partial charge in [0.1, 0.15) is 10.4 Å². The van der Waals surface area contributed by atoms with Crippen LogP contribution >= 0.6 is 15.9 Å². The Morgan fingerprint density at radius 3 is 3.12 bits per heavy atom. The molecule has 2 N–H and O–H groups in total. The van der Waals surface area contributed by atoms with Crippen molar-refractivity contribution in [2.75, 3.05) is 5.32 Å². The Morgan fingerprint density at radius 1 is 1.59 bits per heavy atom. The molecule has 5 nitrogen and oxygen atoms in total. The number of carbonyl (C=O) groups excluding carboxylic acids is 1. The number of amides is 1. The smallest absolute Gasteiger partial charge is 0.256 e. The Labute approximate surface area is 107 Å². The number of nitrogens with zero attached hydrogens (tertiary/aromatic N) is 2. The zero-order chi connectivity index (χ0) is 12.3. The summed E-state index contributed by atoms with van der Waals surface area (Å²) in [5, 5.41) is 9.44. The third-order valence-corrected chi connectivity index (χ3v) is 2.76. The maximum atomic E-state index is 11.9. The Hall–Kier alpha value is -1.69. The van der Waals surface area contributed by atoms with Gasteiger partial charge in [0.2, 0.25) is 0 Å². The van der Waals surface area contributed by atoms with E-state index >= 15 is 0 Å². The van der Waals surface area contributed by atoms with E-state index in [1.807, 2.05) is 6.92 Å². The number of halogens is 1. The third-order valence-electron chi connectivity index (χ3n) is 2.33. The average Bonchev–Trinajstić information content (AvgIpc) is 2.76. The van der Waals surface area contributed by atoms with E-state index in [2.05, 4.69) is 36.4 Å². The molecule has 0 unspecified atom stereocenters. The summed E-state index contributed by atoms with van der Waals surface area (Å²) < 4.78 is 0.630. The quantitative estimate of drug-likeness (QED) is 0.854. The molecule has 0 saturated carbocycles. The molecule has 0 aliphatic heterocycles. The molecule has 0 fully saturated rings. The van der Waals surface area contributed by atoms with Crippen LogP contribution in [-0.4, -0.2) is 21.1 Å². The van der Waals surface area contributed by atoms with Gasteiger partial charge in [0.05, 0.1) is 6.20 Å². The molecule has 88 valence electrons. The van der Waals surface area contributed by atoms with Crippen molar-refractivity contribution in [1.29, 1.82) is 0 Å². The van der Waals surface area contributed by atoms with Gasteiger partial charge in [-0.3, -0.25) is 9.89 Å². The fourth-order valence-electron chi connectivity index (χ4n) is 1.42. The van der Waals surface area contributed by atoms with Gasteiger partial charge in [0, 0.05) is 17.3 Å². The lowest BCUT2D eigenvalue weighted by Crippen LogP contribution is -2.13. The van der Waals surface area contributed by atoms with Crippen LogP contribution in [0.5, 0.6) is 0 Å². The van der Waals surface area contributed by atoms with Gasteiger partial charge in [-0.25, -0.2) is 4.98 Å². The van der Waals surface area contributed by atoms with Crippen molar-refractivity contribution in [3.05, 3.63) is 40.3 Å². The minimum absolute atomic E-state index is 0.188. The summed E-state index contributed by atoms with van der Waals surface area (Å²) in [7, 11) is 0. The first-order valence-corrected chi connectivity index (χ1v) is 5.95. The monoisotopic (exact) mass is 294 g/mol. The summed E-state index contributed by atoms with van der Waals surface area (Å²) in [4.78, 5) is 15.9. The van der Waals surface area contributed by atoms with Gasteiger partial charge in [-0.1, -0.05) is 6.92 Å². The zero-order valence-electron chi connectivity index (χ0n) is 9.20. The van der Waals surface area contributed by atoms with E-state index in [1.165, 1.54) is 0 Å². The first-order valence-electron chi connectivity index (χ1n) is 5.16. The van der Waals surface area contributed by atoms with Gasteiger partial charge in [0.15, 0.2) is 0 Å². The minimum atomic E-state index is -0.188. The number of aromatic amines is 1. The molecule has 2 rings (SSSR count). The normalized spacial score (nSPS) is 10.2. The van der Waals surface area contributed by atoms with Crippen molar-refractivity contribution in [1.82, 2.24) is 15.2 Å². The van der Waals surface area contributed by atoms with Gasteiger partial charge in [-0.05, 0) is 34.5 Å². The van der Waals surface area contributed by atoms with Crippen LogP contribution in [0.25, 0.3) is 0 Å². The molecule has 0 bridgehead atoms. The lowest BCUT2D eigenvalue weighted by Gasteiger charge is -2.04. The highest BCUT2D eigenvalue weighted by molar-refractivity contribution is 9.10. The average molecular weight is 295 g/mol. The molecule has 6 heteroatoms. The molecule has 0 spiro atoms. The molecule has 2 aromatic heterocycles. The lowest BCUT2D eigenvalue weighted by atomic mass is 10.2. The first-order chi connectivity index (χ1) is 8.20. The van der Waals surface area contributed by atoms with Crippen molar-refractivity contribution in [3.63, 3.8) is 0 Å².